The van der Waals surface area contributed by atoms with E-state index in [0.717, 1.165) is 53.8 Å². The van der Waals surface area contributed by atoms with Crippen LogP contribution in [0.2, 0.25) is 0 Å². The third-order valence-electron chi connectivity index (χ3n) is 5.12. The topological polar surface area (TPSA) is 87.2 Å². The fraction of sp³-hybridized carbons (Fsp3) is 0.400. The van der Waals surface area contributed by atoms with Crippen molar-refractivity contribution in [3.05, 3.63) is 52.4 Å². The van der Waals surface area contributed by atoms with Crippen molar-refractivity contribution in [3.63, 3.8) is 0 Å². The Morgan fingerprint density at radius 2 is 2.23 bits per heavy atom. The van der Waals surface area contributed by atoms with Gasteiger partial charge in [0.25, 0.3) is 0 Å². The molecular formula is C20H23N3O3. The van der Waals surface area contributed by atoms with Gasteiger partial charge in [-0.05, 0) is 31.2 Å². The lowest BCUT2D eigenvalue weighted by Crippen LogP contribution is -2.24. The van der Waals surface area contributed by atoms with Crippen LogP contribution in [0.1, 0.15) is 55.2 Å². The van der Waals surface area contributed by atoms with Crippen molar-refractivity contribution in [1.82, 2.24) is 10.2 Å². The van der Waals surface area contributed by atoms with E-state index in [2.05, 4.69) is 21.6 Å². The number of rotatable bonds is 4. The quantitative estimate of drug-likeness (QED) is 0.778. The minimum atomic E-state index is -0.899. The lowest BCUT2D eigenvalue weighted by molar-refractivity contribution is -0.133. The molecule has 6 nitrogen and oxygen atoms in total. The number of allylic oxidation sites excluding steroid dienone is 1. The Balaban J connectivity index is 1.93. The number of aromatic nitrogens is 2. The van der Waals surface area contributed by atoms with Crippen LogP contribution in [0.4, 0.5) is 5.82 Å². The Morgan fingerprint density at radius 1 is 1.35 bits per heavy atom. The number of nitrogens with zero attached hydrogens (tertiary/aromatic N) is 1. The van der Waals surface area contributed by atoms with Crippen molar-refractivity contribution >= 4 is 11.8 Å². The van der Waals surface area contributed by atoms with Crippen molar-refractivity contribution in [2.45, 2.75) is 44.9 Å². The average Bonchev–Trinajstić information content (AvgIpc) is 2.95. The Kier molecular flexibility index (Phi) is 4.41. The number of H-pyrrole nitrogens is 1. The molecule has 0 saturated carbocycles. The number of aliphatic carboxylic acids is 1. The van der Waals surface area contributed by atoms with Gasteiger partial charge < -0.3 is 15.2 Å². The summed E-state index contributed by atoms with van der Waals surface area (Å²) in [7, 11) is 0. The molecule has 6 heteroatoms. The van der Waals surface area contributed by atoms with Gasteiger partial charge in [-0.15, -0.1) is 0 Å². The Labute approximate surface area is 152 Å². The van der Waals surface area contributed by atoms with E-state index in [-0.39, 0.29) is 0 Å². The monoisotopic (exact) mass is 353 g/mol. The number of fused-ring (bicyclic) bond motifs is 2. The minimum Gasteiger partial charge on any atom is -0.493 e. The fourth-order valence-electron chi connectivity index (χ4n) is 3.98. The number of carbonyl (C=O) groups is 1. The summed E-state index contributed by atoms with van der Waals surface area (Å²) in [6.45, 7) is 2.71. The standard InChI is InChI=1S/C20H23N3O3/c1-2-6-15-17(20(24)25)16(14-11-21-23-19(14)22-15)13-9-5-8-12-7-3-4-10-26-18(12)13/h5,8-9,11,16H,2-4,6-7,10H2,1H3,(H,24,25)(H2,21,22,23). The van der Waals surface area contributed by atoms with E-state index in [4.69, 9.17) is 4.74 Å². The molecule has 0 bridgehead atoms. The van der Waals surface area contributed by atoms with Crippen LogP contribution >= 0.6 is 0 Å². The number of nitrogens with one attached hydrogen (secondary N) is 2. The van der Waals surface area contributed by atoms with Crippen LogP contribution in [-0.4, -0.2) is 27.9 Å². The number of aryl methyl sites for hydroxylation is 1. The molecule has 1 aromatic heterocycles. The number of aromatic amines is 1. The van der Waals surface area contributed by atoms with Gasteiger partial charge in [-0.3, -0.25) is 5.10 Å². The van der Waals surface area contributed by atoms with Gasteiger partial charge in [0.1, 0.15) is 5.75 Å². The molecule has 0 amide bonds. The summed E-state index contributed by atoms with van der Waals surface area (Å²) in [6, 6.07) is 6.08. The fourth-order valence-corrected chi connectivity index (χ4v) is 3.98. The van der Waals surface area contributed by atoms with Gasteiger partial charge in [0.2, 0.25) is 0 Å². The molecule has 26 heavy (non-hydrogen) atoms. The van der Waals surface area contributed by atoms with Gasteiger partial charge in [0.05, 0.1) is 18.1 Å². The zero-order valence-corrected chi connectivity index (χ0v) is 14.8. The second-order valence-electron chi connectivity index (χ2n) is 6.84. The molecule has 3 heterocycles. The van der Waals surface area contributed by atoms with E-state index in [0.29, 0.717) is 24.4 Å². The summed E-state index contributed by atoms with van der Waals surface area (Å²) >= 11 is 0. The van der Waals surface area contributed by atoms with E-state index < -0.39 is 11.9 Å². The number of carboxylic acids is 1. The number of hydrogen-bond donors (Lipinski definition) is 3. The number of para-hydroxylation sites is 1. The third kappa shape index (κ3) is 2.75. The number of benzene rings is 1. The molecule has 0 aliphatic carbocycles. The van der Waals surface area contributed by atoms with Crippen molar-refractivity contribution < 1.29 is 14.6 Å². The lowest BCUT2D eigenvalue weighted by Gasteiger charge is -2.29. The van der Waals surface area contributed by atoms with E-state index in [1.807, 2.05) is 19.1 Å². The first-order valence-corrected chi connectivity index (χ1v) is 9.22. The molecule has 2 aliphatic heterocycles. The SMILES string of the molecule is CCCC1=C(C(=O)O)C(c2cccc3c2OCCCC3)c2c[nH]nc2N1. The van der Waals surface area contributed by atoms with E-state index in [1.165, 1.54) is 0 Å². The first kappa shape index (κ1) is 16.7. The van der Waals surface area contributed by atoms with Gasteiger partial charge in [-0.2, -0.15) is 5.10 Å². The molecule has 2 aromatic rings. The Bertz CT molecular complexity index is 869. The molecule has 1 unspecified atom stereocenters. The van der Waals surface area contributed by atoms with Crippen LogP contribution < -0.4 is 10.1 Å². The van der Waals surface area contributed by atoms with Gasteiger partial charge >= 0.3 is 5.97 Å². The Hall–Kier alpha value is -2.76. The van der Waals surface area contributed by atoms with Crippen LogP contribution in [0.3, 0.4) is 0 Å². The maximum Gasteiger partial charge on any atom is 0.334 e. The maximum atomic E-state index is 12.2. The van der Waals surface area contributed by atoms with E-state index >= 15 is 0 Å². The van der Waals surface area contributed by atoms with Crippen LogP contribution in [0, 0.1) is 0 Å². The first-order chi connectivity index (χ1) is 12.7. The average molecular weight is 353 g/mol. The summed E-state index contributed by atoms with van der Waals surface area (Å²) < 4.78 is 6.08. The highest BCUT2D eigenvalue weighted by Gasteiger charge is 2.36. The highest BCUT2D eigenvalue weighted by Crippen LogP contribution is 2.46. The summed E-state index contributed by atoms with van der Waals surface area (Å²) in [6.07, 6.45) is 6.37. The highest BCUT2D eigenvalue weighted by molar-refractivity contribution is 5.93. The molecule has 136 valence electrons. The normalized spacial score (nSPS) is 19.0. The van der Waals surface area contributed by atoms with Gasteiger partial charge in [0.15, 0.2) is 5.82 Å². The molecule has 1 aromatic carbocycles. The second kappa shape index (κ2) is 6.86. The number of carboxylic acid groups (broad SMARTS) is 1. The molecule has 0 spiro atoms. The summed E-state index contributed by atoms with van der Waals surface area (Å²) in [5.41, 5.74) is 4.05. The van der Waals surface area contributed by atoms with Gasteiger partial charge in [-0.25, -0.2) is 4.79 Å². The van der Waals surface area contributed by atoms with Crippen LogP contribution in [0.25, 0.3) is 0 Å². The Morgan fingerprint density at radius 3 is 3.04 bits per heavy atom. The molecule has 0 saturated heterocycles. The van der Waals surface area contributed by atoms with Crippen molar-refractivity contribution in [3.8, 4) is 5.75 Å². The molecule has 2 aliphatic rings. The molecule has 4 rings (SSSR count). The summed E-state index contributed by atoms with van der Waals surface area (Å²) in [4.78, 5) is 12.2. The van der Waals surface area contributed by atoms with Crippen molar-refractivity contribution in [2.24, 2.45) is 0 Å². The van der Waals surface area contributed by atoms with Gasteiger partial charge in [-0.1, -0.05) is 31.5 Å². The smallest absolute Gasteiger partial charge is 0.334 e. The summed E-state index contributed by atoms with van der Waals surface area (Å²) in [5.74, 6) is 0.259. The van der Waals surface area contributed by atoms with Crippen LogP contribution in [0.15, 0.2) is 35.7 Å². The lowest BCUT2D eigenvalue weighted by atomic mass is 9.80. The number of hydrogen-bond acceptors (Lipinski definition) is 4. The zero-order chi connectivity index (χ0) is 18.1. The van der Waals surface area contributed by atoms with Crippen molar-refractivity contribution in [2.75, 3.05) is 11.9 Å². The number of anilines is 1. The second-order valence-corrected chi connectivity index (χ2v) is 6.84. The maximum absolute atomic E-state index is 12.2. The van der Waals surface area contributed by atoms with Crippen LogP contribution in [0.5, 0.6) is 5.75 Å². The molecule has 0 fully saturated rings. The highest BCUT2D eigenvalue weighted by atomic mass is 16.5. The van der Waals surface area contributed by atoms with Crippen LogP contribution in [-0.2, 0) is 11.2 Å². The zero-order valence-electron chi connectivity index (χ0n) is 14.8. The number of ether oxygens (including phenoxy) is 1. The van der Waals surface area contributed by atoms with E-state index in [9.17, 15) is 9.90 Å². The van der Waals surface area contributed by atoms with Gasteiger partial charge in [0, 0.05) is 23.0 Å². The molecule has 0 radical (unpaired) electrons. The predicted octanol–water partition coefficient (Wildman–Crippen LogP) is 3.82. The minimum absolute atomic E-state index is 0.391. The van der Waals surface area contributed by atoms with E-state index in [1.54, 1.807) is 6.20 Å². The predicted molar refractivity (Wildman–Crippen MR) is 98.5 cm³/mol. The molecule has 1 atom stereocenters. The summed E-state index contributed by atoms with van der Waals surface area (Å²) in [5, 5.41) is 20.4. The molecule has 3 N–H and O–H groups in total. The third-order valence-corrected chi connectivity index (χ3v) is 5.12. The molecular weight excluding hydrogens is 330 g/mol. The largest absolute Gasteiger partial charge is 0.493 e. The van der Waals surface area contributed by atoms with Crippen molar-refractivity contribution in [1.29, 1.82) is 0 Å². The first-order valence-electron chi connectivity index (χ1n) is 9.22.